The van der Waals surface area contributed by atoms with Crippen LogP contribution in [0.5, 0.6) is 0 Å². The molecule has 0 spiro atoms. The van der Waals surface area contributed by atoms with E-state index in [-0.39, 0.29) is 0 Å². The zero-order valence-electron chi connectivity index (χ0n) is 10.2. The van der Waals surface area contributed by atoms with Crippen LogP contribution in [0.4, 0.5) is 0 Å². The largest absolute Gasteiger partial charge is 0.355 e. The van der Waals surface area contributed by atoms with Gasteiger partial charge in [-0.1, -0.05) is 39.5 Å². The number of nitrogens with one attached hydrogen (secondary N) is 2. The molecule has 0 saturated carbocycles. The second-order valence-corrected chi connectivity index (χ2v) is 3.72. The predicted octanol–water partition coefficient (Wildman–Crippen LogP) is 1.78. The maximum Gasteiger partial charge on any atom is 0.205 e. The van der Waals surface area contributed by atoms with Gasteiger partial charge in [0.05, 0.1) is 0 Å². The number of hydrazine groups is 1. The highest BCUT2D eigenvalue weighted by atomic mass is 15.3. The third-order valence-corrected chi connectivity index (χ3v) is 2.24. The lowest BCUT2D eigenvalue weighted by atomic mass is 10.2. The molecular formula is C11H26N4. The van der Waals surface area contributed by atoms with Crippen LogP contribution in [0.3, 0.4) is 0 Å². The molecule has 4 heteroatoms. The second kappa shape index (κ2) is 11.3. The molecule has 4 N–H and O–H groups in total. The van der Waals surface area contributed by atoms with Crippen LogP contribution in [-0.4, -0.2) is 19.0 Å². The van der Waals surface area contributed by atoms with Gasteiger partial charge in [-0.05, 0) is 12.8 Å². The maximum atomic E-state index is 5.35. The van der Waals surface area contributed by atoms with E-state index in [2.05, 4.69) is 29.6 Å². The van der Waals surface area contributed by atoms with Crippen molar-refractivity contribution in [3.05, 3.63) is 0 Å². The Bertz CT molecular complexity index is 157. The van der Waals surface area contributed by atoms with Gasteiger partial charge in [-0.25, -0.2) is 5.84 Å². The van der Waals surface area contributed by atoms with Gasteiger partial charge in [0.2, 0.25) is 5.96 Å². The van der Waals surface area contributed by atoms with Gasteiger partial charge < -0.3 is 5.32 Å². The first-order valence-corrected chi connectivity index (χ1v) is 6.10. The first kappa shape index (κ1) is 14.2. The molecule has 0 aliphatic rings. The van der Waals surface area contributed by atoms with Crippen molar-refractivity contribution >= 4 is 5.96 Å². The minimum Gasteiger partial charge on any atom is -0.355 e. The summed E-state index contributed by atoms with van der Waals surface area (Å²) >= 11 is 0. The molecule has 0 aromatic heterocycles. The Labute approximate surface area is 93.7 Å². The number of hydrogen-bond acceptors (Lipinski definition) is 2. The lowest BCUT2D eigenvalue weighted by Crippen LogP contribution is -2.42. The molecule has 4 nitrogen and oxygen atoms in total. The number of unbranched alkanes of at least 4 members (excludes halogenated alkanes) is 4. The number of guanidine groups is 1. The summed E-state index contributed by atoms with van der Waals surface area (Å²) in [6.45, 7) is 6.18. The van der Waals surface area contributed by atoms with Gasteiger partial charge in [0.25, 0.3) is 0 Å². The SMILES string of the molecule is CCCCCCN=C(NN)NCCCC. The zero-order chi connectivity index (χ0) is 11.4. The topological polar surface area (TPSA) is 62.4 Å². The highest BCUT2D eigenvalue weighted by molar-refractivity contribution is 5.79. The van der Waals surface area contributed by atoms with E-state index in [4.69, 9.17) is 5.84 Å². The summed E-state index contributed by atoms with van der Waals surface area (Å²) in [6, 6.07) is 0. The van der Waals surface area contributed by atoms with Crippen LogP contribution in [0.25, 0.3) is 0 Å². The molecule has 0 aromatic carbocycles. The fourth-order valence-corrected chi connectivity index (χ4v) is 1.27. The molecule has 0 fully saturated rings. The summed E-state index contributed by atoms with van der Waals surface area (Å²) in [5.41, 5.74) is 2.59. The minimum absolute atomic E-state index is 0.722. The van der Waals surface area contributed by atoms with Crippen LogP contribution >= 0.6 is 0 Å². The standard InChI is InChI=1S/C11H26N4/c1-3-5-7-8-10-14-11(15-12)13-9-6-4-2/h3-10,12H2,1-2H3,(H2,13,14,15). The summed E-state index contributed by atoms with van der Waals surface area (Å²) in [5, 5.41) is 3.18. The molecule has 15 heavy (non-hydrogen) atoms. The normalized spacial score (nSPS) is 11.5. The van der Waals surface area contributed by atoms with Gasteiger partial charge in [0.1, 0.15) is 0 Å². The molecule has 0 aliphatic carbocycles. The van der Waals surface area contributed by atoms with Gasteiger partial charge >= 0.3 is 0 Å². The van der Waals surface area contributed by atoms with Crippen LogP contribution < -0.4 is 16.6 Å². The van der Waals surface area contributed by atoms with E-state index in [0.717, 1.165) is 31.9 Å². The van der Waals surface area contributed by atoms with Crippen LogP contribution in [-0.2, 0) is 0 Å². The average Bonchev–Trinajstić information content (AvgIpc) is 2.26. The third-order valence-electron chi connectivity index (χ3n) is 2.24. The van der Waals surface area contributed by atoms with Crippen molar-refractivity contribution in [3.8, 4) is 0 Å². The first-order chi connectivity index (χ1) is 7.35. The highest BCUT2D eigenvalue weighted by Crippen LogP contribution is 1.98. The monoisotopic (exact) mass is 214 g/mol. The van der Waals surface area contributed by atoms with Gasteiger partial charge in [0, 0.05) is 13.1 Å². The Morgan fingerprint density at radius 1 is 1.07 bits per heavy atom. The van der Waals surface area contributed by atoms with E-state index >= 15 is 0 Å². The Morgan fingerprint density at radius 3 is 2.40 bits per heavy atom. The molecule has 0 aliphatic heterocycles. The van der Waals surface area contributed by atoms with Crippen molar-refractivity contribution < 1.29 is 0 Å². The number of rotatable bonds is 8. The van der Waals surface area contributed by atoms with E-state index in [1.54, 1.807) is 0 Å². The Kier molecular flexibility index (Phi) is 10.7. The molecule has 0 radical (unpaired) electrons. The summed E-state index contributed by atoms with van der Waals surface area (Å²) in [5.74, 6) is 6.07. The lowest BCUT2D eigenvalue weighted by molar-refractivity contribution is 0.668. The molecule has 0 heterocycles. The van der Waals surface area contributed by atoms with E-state index < -0.39 is 0 Å². The summed E-state index contributed by atoms with van der Waals surface area (Å²) in [6.07, 6.45) is 7.30. The average molecular weight is 214 g/mol. The van der Waals surface area contributed by atoms with E-state index in [1.165, 1.54) is 25.7 Å². The second-order valence-electron chi connectivity index (χ2n) is 3.72. The van der Waals surface area contributed by atoms with Crippen molar-refractivity contribution in [2.75, 3.05) is 13.1 Å². The van der Waals surface area contributed by atoms with Crippen LogP contribution in [0.15, 0.2) is 4.99 Å². The minimum atomic E-state index is 0.722. The van der Waals surface area contributed by atoms with Gasteiger partial charge in [0.15, 0.2) is 0 Å². The van der Waals surface area contributed by atoms with E-state index in [1.807, 2.05) is 0 Å². The Morgan fingerprint density at radius 2 is 1.80 bits per heavy atom. The Hall–Kier alpha value is -0.770. The molecule has 90 valence electrons. The molecular weight excluding hydrogens is 188 g/mol. The third kappa shape index (κ3) is 9.53. The lowest BCUT2D eigenvalue weighted by Gasteiger charge is -2.08. The summed E-state index contributed by atoms with van der Waals surface area (Å²) < 4.78 is 0. The van der Waals surface area contributed by atoms with Crippen molar-refractivity contribution in [2.24, 2.45) is 10.8 Å². The number of aliphatic imine (C=N–C) groups is 1. The number of nitrogens with two attached hydrogens (primary N) is 1. The fourth-order valence-electron chi connectivity index (χ4n) is 1.27. The van der Waals surface area contributed by atoms with Gasteiger partial charge in [-0.15, -0.1) is 0 Å². The van der Waals surface area contributed by atoms with Crippen LogP contribution in [0.1, 0.15) is 52.4 Å². The van der Waals surface area contributed by atoms with Gasteiger partial charge in [-0.2, -0.15) is 0 Å². The fraction of sp³-hybridized carbons (Fsp3) is 0.909. The molecule has 0 aromatic rings. The highest BCUT2D eigenvalue weighted by Gasteiger charge is 1.93. The van der Waals surface area contributed by atoms with Crippen molar-refractivity contribution in [2.45, 2.75) is 52.4 Å². The molecule has 0 unspecified atom stereocenters. The number of nitrogens with zero attached hydrogens (tertiary/aromatic N) is 1. The van der Waals surface area contributed by atoms with Crippen molar-refractivity contribution in [1.29, 1.82) is 0 Å². The van der Waals surface area contributed by atoms with Gasteiger partial charge in [-0.3, -0.25) is 10.4 Å². The summed E-state index contributed by atoms with van der Waals surface area (Å²) in [7, 11) is 0. The molecule has 0 bridgehead atoms. The quantitative estimate of drug-likeness (QED) is 0.190. The zero-order valence-corrected chi connectivity index (χ0v) is 10.2. The Balaban J connectivity index is 3.50. The van der Waals surface area contributed by atoms with E-state index in [0.29, 0.717) is 0 Å². The van der Waals surface area contributed by atoms with Crippen molar-refractivity contribution in [1.82, 2.24) is 10.7 Å². The smallest absolute Gasteiger partial charge is 0.205 e. The number of hydrogen-bond donors (Lipinski definition) is 3. The summed E-state index contributed by atoms with van der Waals surface area (Å²) in [4.78, 5) is 4.36. The predicted molar refractivity (Wildman–Crippen MR) is 66.7 cm³/mol. The van der Waals surface area contributed by atoms with Crippen molar-refractivity contribution in [3.63, 3.8) is 0 Å². The molecule has 0 saturated heterocycles. The van der Waals surface area contributed by atoms with Crippen LogP contribution in [0.2, 0.25) is 0 Å². The molecule has 0 amide bonds. The molecule has 0 atom stereocenters. The molecule has 0 rings (SSSR count). The van der Waals surface area contributed by atoms with E-state index in [9.17, 15) is 0 Å². The van der Waals surface area contributed by atoms with Crippen LogP contribution in [0, 0.1) is 0 Å². The maximum absolute atomic E-state index is 5.35. The first-order valence-electron chi connectivity index (χ1n) is 6.10.